The first kappa shape index (κ1) is 26.3. The normalized spacial score (nSPS) is 15.4. The van der Waals surface area contributed by atoms with Crippen molar-refractivity contribution in [1.29, 1.82) is 0 Å². The van der Waals surface area contributed by atoms with Crippen molar-refractivity contribution in [3.05, 3.63) is 75.6 Å². The highest BCUT2D eigenvalue weighted by atomic mass is 16.5. The SMILES string of the molecule is O=C(CCCCCN1C(=O)c2ccccc2C1=O)Oc1ccc2cc(C(=O)NC3CCCCC3)c(=O)oc2c1. The molecule has 0 unspecified atom stereocenters. The van der Waals surface area contributed by atoms with Gasteiger partial charge < -0.3 is 14.5 Å². The molecule has 5 rings (SSSR count). The molecule has 0 spiro atoms. The van der Waals surface area contributed by atoms with Crippen LogP contribution in [-0.2, 0) is 4.79 Å². The number of imide groups is 1. The Labute approximate surface area is 225 Å². The Morgan fingerprint density at radius 3 is 2.33 bits per heavy atom. The van der Waals surface area contributed by atoms with Gasteiger partial charge >= 0.3 is 11.6 Å². The molecule has 2 heterocycles. The van der Waals surface area contributed by atoms with Crippen LogP contribution in [0.25, 0.3) is 11.0 Å². The van der Waals surface area contributed by atoms with Gasteiger partial charge in [-0.2, -0.15) is 0 Å². The number of amides is 3. The van der Waals surface area contributed by atoms with Gasteiger partial charge in [0.25, 0.3) is 17.7 Å². The molecule has 202 valence electrons. The molecule has 39 heavy (non-hydrogen) atoms. The summed E-state index contributed by atoms with van der Waals surface area (Å²) in [5.41, 5.74) is 0.296. The largest absolute Gasteiger partial charge is 0.426 e. The minimum Gasteiger partial charge on any atom is -0.426 e. The van der Waals surface area contributed by atoms with Crippen molar-refractivity contribution in [3.8, 4) is 5.75 Å². The molecule has 0 saturated heterocycles. The zero-order valence-corrected chi connectivity index (χ0v) is 21.6. The Morgan fingerprint density at radius 1 is 0.897 bits per heavy atom. The number of unbranched alkanes of at least 4 members (excludes halogenated alkanes) is 2. The van der Waals surface area contributed by atoms with Crippen LogP contribution in [0.3, 0.4) is 0 Å². The van der Waals surface area contributed by atoms with E-state index in [9.17, 15) is 24.0 Å². The first-order valence-corrected chi connectivity index (χ1v) is 13.5. The van der Waals surface area contributed by atoms with Crippen molar-refractivity contribution < 1.29 is 28.3 Å². The van der Waals surface area contributed by atoms with E-state index in [2.05, 4.69) is 5.32 Å². The van der Waals surface area contributed by atoms with E-state index in [-0.39, 0.29) is 41.2 Å². The highest BCUT2D eigenvalue weighted by molar-refractivity contribution is 6.21. The van der Waals surface area contributed by atoms with E-state index >= 15 is 0 Å². The summed E-state index contributed by atoms with van der Waals surface area (Å²) in [4.78, 5) is 63.5. The van der Waals surface area contributed by atoms with E-state index in [1.807, 2.05) is 0 Å². The quantitative estimate of drug-likeness (QED) is 0.141. The molecular formula is C30H30N2O7. The molecular weight excluding hydrogens is 500 g/mol. The van der Waals surface area contributed by atoms with Crippen molar-refractivity contribution in [2.45, 2.75) is 63.8 Å². The maximum absolute atomic E-state index is 12.6. The van der Waals surface area contributed by atoms with Crippen molar-refractivity contribution in [2.75, 3.05) is 6.54 Å². The van der Waals surface area contributed by atoms with Crippen LogP contribution in [0.4, 0.5) is 0 Å². The number of rotatable bonds is 9. The van der Waals surface area contributed by atoms with Gasteiger partial charge in [-0.25, -0.2) is 4.79 Å². The summed E-state index contributed by atoms with van der Waals surface area (Å²) in [6, 6.07) is 13.0. The molecule has 9 heteroatoms. The predicted octanol–water partition coefficient (Wildman–Crippen LogP) is 4.62. The number of fused-ring (bicyclic) bond motifs is 2. The van der Waals surface area contributed by atoms with Crippen molar-refractivity contribution in [1.82, 2.24) is 10.2 Å². The van der Waals surface area contributed by atoms with Gasteiger partial charge in [0.15, 0.2) is 0 Å². The highest BCUT2D eigenvalue weighted by Gasteiger charge is 2.34. The number of hydrogen-bond donors (Lipinski definition) is 1. The van der Waals surface area contributed by atoms with Crippen LogP contribution >= 0.6 is 0 Å². The standard InChI is InChI=1S/C30H30N2O7/c33-26(13-5-2-8-16-32-28(35)22-11-6-7-12-23(22)29(32)36)38-21-15-14-19-17-24(30(37)39-25(19)18-21)27(34)31-20-9-3-1-4-10-20/h6-7,11-12,14-15,17-18,20H,1-5,8-10,13,16H2,(H,31,34). The second kappa shape index (κ2) is 11.6. The average Bonchev–Trinajstić information content (AvgIpc) is 3.18. The van der Waals surface area contributed by atoms with Gasteiger partial charge in [0.1, 0.15) is 16.9 Å². The number of nitrogens with one attached hydrogen (secondary N) is 1. The lowest BCUT2D eigenvalue weighted by Crippen LogP contribution is -2.38. The first-order valence-electron chi connectivity index (χ1n) is 13.5. The fourth-order valence-electron chi connectivity index (χ4n) is 5.16. The number of benzene rings is 2. The maximum Gasteiger partial charge on any atom is 0.349 e. The van der Waals surface area contributed by atoms with Gasteiger partial charge in [0.2, 0.25) is 0 Å². The second-order valence-electron chi connectivity index (χ2n) is 10.0. The molecule has 0 atom stereocenters. The van der Waals surface area contributed by atoms with Crippen LogP contribution < -0.4 is 15.7 Å². The molecule has 0 radical (unpaired) electrons. The summed E-state index contributed by atoms with van der Waals surface area (Å²) in [5, 5.41) is 3.48. The van der Waals surface area contributed by atoms with Gasteiger partial charge in [-0.05, 0) is 56.0 Å². The fourth-order valence-corrected chi connectivity index (χ4v) is 5.16. The van der Waals surface area contributed by atoms with Crippen LogP contribution in [-0.4, -0.2) is 41.2 Å². The number of carbonyl (C=O) groups is 4. The van der Waals surface area contributed by atoms with E-state index in [4.69, 9.17) is 9.15 Å². The zero-order chi connectivity index (χ0) is 27.4. The van der Waals surface area contributed by atoms with E-state index in [1.165, 1.54) is 17.0 Å². The summed E-state index contributed by atoms with van der Waals surface area (Å²) < 4.78 is 10.8. The lowest BCUT2D eigenvalue weighted by Gasteiger charge is -2.22. The van der Waals surface area contributed by atoms with Crippen LogP contribution in [0.5, 0.6) is 5.75 Å². The van der Waals surface area contributed by atoms with Crippen molar-refractivity contribution in [3.63, 3.8) is 0 Å². The predicted molar refractivity (Wildman–Crippen MR) is 143 cm³/mol. The Kier molecular flexibility index (Phi) is 7.86. The third-order valence-corrected chi connectivity index (χ3v) is 7.26. The summed E-state index contributed by atoms with van der Waals surface area (Å²) >= 11 is 0. The summed E-state index contributed by atoms with van der Waals surface area (Å²) in [5.74, 6) is -1.21. The van der Waals surface area contributed by atoms with Gasteiger partial charge in [0, 0.05) is 30.5 Å². The van der Waals surface area contributed by atoms with E-state index in [1.54, 1.807) is 36.4 Å². The van der Waals surface area contributed by atoms with Gasteiger partial charge in [-0.1, -0.05) is 37.8 Å². The molecule has 1 aliphatic heterocycles. The molecule has 3 aromatic rings. The Hall–Kier alpha value is -4.27. The molecule has 9 nitrogen and oxygen atoms in total. The highest BCUT2D eigenvalue weighted by Crippen LogP contribution is 2.24. The minimum absolute atomic E-state index is 0.0426. The number of ether oxygens (including phenoxy) is 1. The molecule has 3 amide bonds. The van der Waals surface area contributed by atoms with E-state index in [0.29, 0.717) is 42.3 Å². The first-order chi connectivity index (χ1) is 18.9. The monoisotopic (exact) mass is 530 g/mol. The average molecular weight is 531 g/mol. The molecule has 2 aromatic carbocycles. The number of nitrogens with zero attached hydrogens (tertiary/aromatic N) is 1. The molecule has 1 saturated carbocycles. The molecule has 1 aromatic heterocycles. The van der Waals surface area contributed by atoms with Gasteiger partial charge in [0.05, 0.1) is 11.1 Å². The van der Waals surface area contributed by atoms with Crippen LogP contribution in [0.15, 0.2) is 57.7 Å². The minimum atomic E-state index is -0.739. The topological polar surface area (TPSA) is 123 Å². The van der Waals surface area contributed by atoms with E-state index in [0.717, 1.165) is 32.1 Å². The fraction of sp³-hybridized carbons (Fsp3) is 0.367. The third kappa shape index (κ3) is 5.92. The molecule has 2 aliphatic rings. The number of hydrogen-bond acceptors (Lipinski definition) is 7. The van der Waals surface area contributed by atoms with Crippen LogP contribution in [0.1, 0.15) is 88.9 Å². The van der Waals surface area contributed by atoms with Crippen LogP contribution in [0.2, 0.25) is 0 Å². The number of carbonyl (C=O) groups excluding carboxylic acids is 4. The lowest BCUT2D eigenvalue weighted by molar-refractivity contribution is -0.134. The van der Waals surface area contributed by atoms with E-state index < -0.39 is 17.5 Å². The Bertz CT molecular complexity index is 1450. The summed E-state index contributed by atoms with van der Waals surface area (Å²) in [6.45, 7) is 0.297. The maximum atomic E-state index is 12.6. The Morgan fingerprint density at radius 2 is 1.62 bits per heavy atom. The van der Waals surface area contributed by atoms with Gasteiger partial charge in [-0.3, -0.25) is 24.1 Å². The third-order valence-electron chi connectivity index (χ3n) is 7.26. The van der Waals surface area contributed by atoms with Gasteiger partial charge in [-0.15, -0.1) is 0 Å². The molecule has 0 bridgehead atoms. The molecule has 1 N–H and O–H groups in total. The second-order valence-corrected chi connectivity index (χ2v) is 10.0. The van der Waals surface area contributed by atoms with Crippen molar-refractivity contribution in [2.24, 2.45) is 0 Å². The summed E-state index contributed by atoms with van der Waals surface area (Å²) in [6.07, 6.45) is 7.02. The zero-order valence-electron chi connectivity index (χ0n) is 21.6. The smallest absolute Gasteiger partial charge is 0.349 e. The van der Waals surface area contributed by atoms with Crippen molar-refractivity contribution >= 4 is 34.7 Å². The molecule has 1 fully saturated rings. The van der Waals surface area contributed by atoms with Crippen LogP contribution in [0, 0.1) is 0 Å². The summed E-state index contributed by atoms with van der Waals surface area (Å²) in [7, 11) is 0. The molecule has 1 aliphatic carbocycles. The lowest BCUT2D eigenvalue weighted by atomic mass is 9.95. The number of esters is 1. The Balaban J connectivity index is 1.10.